The van der Waals surface area contributed by atoms with E-state index in [9.17, 15) is 10.2 Å². The van der Waals surface area contributed by atoms with E-state index in [1.54, 1.807) is 5.57 Å². The summed E-state index contributed by atoms with van der Waals surface area (Å²) < 4.78 is 0. The number of aliphatic hydroxyl groups excluding tert-OH is 2. The number of aliphatic hydroxyl groups is 2. The summed E-state index contributed by atoms with van der Waals surface area (Å²) in [6.07, 6.45) is 12.9. The maximum atomic E-state index is 11.1. The maximum absolute atomic E-state index is 11.1. The van der Waals surface area contributed by atoms with E-state index in [1.165, 1.54) is 38.5 Å². The highest BCUT2D eigenvalue weighted by Crippen LogP contribution is 2.67. The molecule has 4 rings (SSSR count). The number of hydrogen-bond donors (Lipinski definition) is 2. The molecule has 4 aliphatic rings. The van der Waals surface area contributed by atoms with Crippen LogP contribution in [0, 0.1) is 52.3 Å². The summed E-state index contributed by atoms with van der Waals surface area (Å²) in [6.45, 7) is 14.3. The van der Waals surface area contributed by atoms with Crippen molar-refractivity contribution < 1.29 is 10.2 Å². The van der Waals surface area contributed by atoms with E-state index in [2.05, 4.69) is 47.6 Å². The van der Waals surface area contributed by atoms with Crippen LogP contribution in [0.3, 0.4) is 0 Å². The van der Waals surface area contributed by atoms with Crippen molar-refractivity contribution in [3.8, 4) is 0 Å². The minimum absolute atomic E-state index is 0.110. The van der Waals surface area contributed by atoms with Gasteiger partial charge in [-0.2, -0.15) is 0 Å². The molecular formula is C28H48O2. The molecule has 4 aliphatic carbocycles. The summed E-state index contributed by atoms with van der Waals surface area (Å²) >= 11 is 0. The van der Waals surface area contributed by atoms with E-state index in [0.29, 0.717) is 34.5 Å². The Morgan fingerprint density at radius 2 is 1.73 bits per heavy atom. The van der Waals surface area contributed by atoms with Gasteiger partial charge in [0.15, 0.2) is 0 Å². The molecular weight excluding hydrogens is 368 g/mol. The Kier molecular flexibility index (Phi) is 6.26. The van der Waals surface area contributed by atoms with Gasteiger partial charge in [-0.05, 0) is 110 Å². The number of rotatable bonds is 5. The Bertz CT molecular complexity index is 653. The summed E-state index contributed by atoms with van der Waals surface area (Å²) in [5.41, 5.74) is 2.31. The molecule has 0 aliphatic heterocycles. The van der Waals surface area contributed by atoms with Crippen molar-refractivity contribution in [2.45, 2.75) is 112 Å². The highest BCUT2D eigenvalue weighted by Gasteiger charge is 2.59. The lowest BCUT2D eigenvalue weighted by molar-refractivity contribution is -0.0693. The summed E-state index contributed by atoms with van der Waals surface area (Å²) in [5, 5.41) is 21.4. The van der Waals surface area contributed by atoms with Gasteiger partial charge in [0.2, 0.25) is 0 Å². The molecule has 0 aromatic heterocycles. The van der Waals surface area contributed by atoms with Crippen molar-refractivity contribution >= 4 is 0 Å². The SMILES string of the molecule is CC(C)C(C)CC(O)C(C)C1CCC2C3CC=C4CC(O)CCC4(C)C3CCC12C. The third-order valence-corrected chi connectivity index (χ3v) is 11.1. The lowest BCUT2D eigenvalue weighted by Gasteiger charge is -2.58. The van der Waals surface area contributed by atoms with E-state index in [4.69, 9.17) is 0 Å². The summed E-state index contributed by atoms with van der Waals surface area (Å²) in [7, 11) is 0. The second-order valence-electron chi connectivity index (χ2n) is 12.8. The van der Waals surface area contributed by atoms with Crippen LogP contribution in [0.4, 0.5) is 0 Å². The van der Waals surface area contributed by atoms with E-state index in [-0.39, 0.29) is 12.2 Å². The minimum Gasteiger partial charge on any atom is -0.393 e. The molecule has 3 saturated carbocycles. The van der Waals surface area contributed by atoms with Crippen LogP contribution in [0.15, 0.2) is 11.6 Å². The number of hydrogen-bond acceptors (Lipinski definition) is 2. The molecule has 0 spiro atoms. The van der Waals surface area contributed by atoms with E-state index in [1.807, 2.05) is 0 Å². The highest BCUT2D eigenvalue weighted by molar-refractivity contribution is 5.25. The van der Waals surface area contributed by atoms with Crippen LogP contribution in [0.5, 0.6) is 0 Å². The number of allylic oxidation sites excluding steroid dienone is 1. The van der Waals surface area contributed by atoms with Crippen LogP contribution < -0.4 is 0 Å². The first-order chi connectivity index (χ1) is 14.1. The van der Waals surface area contributed by atoms with Gasteiger partial charge in [-0.3, -0.25) is 0 Å². The van der Waals surface area contributed by atoms with Crippen molar-refractivity contribution in [2.75, 3.05) is 0 Å². The molecule has 3 fully saturated rings. The van der Waals surface area contributed by atoms with Crippen LogP contribution in [-0.2, 0) is 0 Å². The van der Waals surface area contributed by atoms with Gasteiger partial charge in [0, 0.05) is 0 Å². The Balaban J connectivity index is 1.51. The monoisotopic (exact) mass is 416 g/mol. The fourth-order valence-corrected chi connectivity index (χ4v) is 8.68. The first-order valence-electron chi connectivity index (χ1n) is 13.1. The van der Waals surface area contributed by atoms with Crippen molar-refractivity contribution in [1.82, 2.24) is 0 Å². The van der Waals surface area contributed by atoms with E-state index >= 15 is 0 Å². The third kappa shape index (κ3) is 3.62. The second kappa shape index (κ2) is 8.22. The minimum atomic E-state index is -0.157. The van der Waals surface area contributed by atoms with Crippen LogP contribution >= 0.6 is 0 Å². The first-order valence-corrected chi connectivity index (χ1v) is 13.1. The molecule has 0 radical (unpaired) electrons. The van der Waals surface area contributed by atoms with E-state index in [0.717, 1.165) is 37.0 Å². The topological polar surface area (TPSA) is 40.5 Å². The fourth-order valence-electron chi connectivity index (χ4n) is 8.68. The second-order valence-corrected chi connectivity index (χ2v) is 12.8. The Labute approximate surface area is 185 Å². The zero-order chi connectivity index (χ0) is 21.8. The Morgan fingerprint density at radius 3 is 2.43 bits per heavy atom. The molecule has 0 heterocycles. The molecule has 10 unspecified atom stereocenters. The standard InChI is InChI=1S/C28H48O2/c1-17(2)18(3)15-26(30)19(4)23-9-10-24-22-8-7-20-16-21(29)11-13-27(20,5)25(22)12-14-28(23,24)6/h7,17-19,21-26,29-30H,8-16H2,1-6H3. The molecule has 0 aromatic rings. The van der Waals surface area contributed by atoms with Gasteiger partial charge in [0.25, 0.3) is 0 Å². The average Bonchev–Trinajstić information content (AvgIpc) is 3.04. The van der Waals surface area contributed by atoms with Gasteiger partial charge < -0.3 is 10.2 Å². The van der Waals surface area contributed by atoms with Gasteiger partial charge >= 0.3 is 0 Å². The molecule has 0 saturated heterocycles. The van der Waals surface area contributed by atoms with Gasteiger partial charge in [-0.15, -0.1) is 0 Å². The van der Waals surface area contributed by atoms with Crippen molar-refractivity contribution in [3.63, 3.8) is 0 Å². The van der Waals surface area contributed by atoms with Gasteiger partial charge in [-0.1, -0.05) is 53.2 Å². The van der Waals surface area contributed by atoms with E-state index < -0.39 is 0 Å². The van der Waals surface area contributed by atoms with Crippen LogP contribution in [0.25, 0.3) is 0 Å². The van der Waals surface area contributed by atoms with Crippen LogP contribution in [-0.4, -0.2) is 22.4 Å². The van der Waals surface area contributed by atoms with Crippen LogP contribution in [0.2, 0.25) is 0 Å². The molecule has 172 valence electrons. The van der Waals surface area contributed by atoms with Crippen LogP contribution in [0.1, 0.15) is 99.3 Å². The lowest BCUT2D eigenvalue weighted by Crippen LogP contribution is -2.51. The predicted molar refractivity (Wildman–Crippen MR) is 125 cm³/mol. The Morgan fingerprint density at radius 1 is 1.00 bits per heavy atom. The van der Waals surface area contributed by atoms with Gasteiger partial charge in [0.1, 0.15) is 0 Å². The molecule has 0 amide bonds. The predicted octanol–water partition coefficient (Wildman–Crippen LogP) is 6.61. The van der Waals surface area contributed by atoms with Gasteiger partial charge in [-0.25, -0.2) is 0 Å². The first kappa shape index (κ1) is 22.8. The Hall–Kier alpha value is -0.340. The highest BCUT2D eigenvalue weighted by atomic mass is 16.3. The third-order valence-electron chi connectivity index (χ3n) is 11.1. The smallest absolute Gasteiger partial charge is 0.0577 e. The summed E-state index contributed by atoms with van der Waals surface area (Å²) in [6, 6.07) is 0. The molecule has 30 heavy (non-hydrogen) atoms. The average molecular weight is 417 g/mol. The molecule has 0 bridgehead atoms. The fraction of sp³-hybridized carbons (Fsp3) is 0.929. The lowest BCUT2D eigenvalue weighted by atomic mass is 9.47. The van der Waals surface area contributed by atoms with Crippen molar-refractivity contribution in [3.05, 3.63) is 11.6 Å². The zero-order valence-electron chi connectivity index (χ0n) is 20.5. The quantitative estimate of drug-likeness (QED) is 0.495. The summed E-state index contributed by atoms with van der Waals surface area (Å²) in [5.74, 6) is 4.76. The largest absolute Gasteiger partial charge is 0.393 e. The molecule has 2 heteroatoms. The van der Waals surface area contributed by atoms with Gasteiger partial charge in [0.05, 0.1) is 12.2 Å². The molecule has 10 atom stereocenters. The molecule has 2 N–H and O–H groups in total. The number of fused-ring (bicyclic) bond motifs is 5. The van der Waals surface area contributed by atoms with Crippen molar-refractivity contribution in [2.24, 2.45) is 52.3 Å². The normalized spacial score (nSPS) is 46.4. The summed E-state index contributed by atoms with van der Waals surface area (Å²) in [4.78, 5) is 0. The van der Waals surface area contributed by atoms with Crippen molar-refractivity contribution in [1.29, 1.82) is 0 Å². The molecule has 2 nitrogen and oxygen atoms in total. The molecule has 0 aromatic carbocycles. The maximum Gasteiger partial charge on any atom is 0.0577 e. The zero-order valence-corrected chi connectivity index (χ0v) is 20.5.